The number of carbonyl (C=O) groups excluding carboxylic acids is 1. The van der Waals surface area contributed by atoms with Gasteiger partial charge in [-0.2, -0.15) is 0 Å². The summed E-state index contributed by atoms with van der Waals surface area (Å²) in [6.45, 7) is 0. The van der Waals surface area contributed by atoms with Crippen molar-refractivity contribution in [2.75, 3.05) is 5.32 Å². The number of rotatable bonds is 4. The zero-order valence-corrected chi connectivity index (χ0v) is 11.5. The fourth-order valence-electron chi connectivity index (χ4n) is 1.80. The Kier molecular flexibility index (Phi) is 4.55. The van der Waals surface area contributed by atoms with Gasteiger partial charge in [-0.15, -0.1) is 0 Å². The number of benzene rings is 2. The first-order chi connectivity index (χ1) is 9.97. The lowest BCUT2D eigenvalue weighted by molar-refractivity contribution is -0.115. The summed E-state index contributed by atoms with van der Waals surface area (Å²) in [5.41, 5.74) is 0.0635. The van der Waals surface area contributed by atoms with E-state index in [0.717, 1.165) is 6.07 Å². The van der Waals surface area contributed by atoms with E-state index in [0.29, 0.717) is 10.6 Å². The average Bonchev–Trinajstić information content (AvgIpc) is 2.43. The van der Waals surface area contributed by atoms with E-state index in [-0.39, 0.29) is 17.7 Å². The van der Waals surface area contributed by atoms with Gasteiger partial charge >= 0.3 is 5.97 Å². The number of hydrogen-bond acceptors (Lipinski definition) is 2. The molecule has 0 radical (unpaired) electrons. The second kappa shape index (κ2) is 6.37. The van der Waals surface area contributed by atoms with Crippen molar-refractivity contribution < 1.29 is 19.1 Å². The van der Waals surface area contributed by atoms with Crippen molar-refractivity contribution in [3.05, 3.63) is 64.4 Å². The fourth-order valence-corrected chi connectivity index (χ4v) is 1.93. The van der Waals surface area contributed by atoms with Crippen LogP contribution in [0.5, 0.6) is 0 Å². The Morgan fingerprint density at radius 2 is 1.81 bits per heavy atom. The lowest BCUT2D eigenvalue weighted by Crippen LogP contribution is -2.18. The molecule has 0 heterocycles. The first kappa shape index (κ1) is 15.0. The van der Waals surface area contributed by atoms with Crippen LogP contribution in [0.25, 0.3) is 0 Å². The van der Waals surface area contributed by atoms with E-state index < -0.39 is 17.7 Å². The zero-order valence-electron chi connectivity index (χ0n) is 10.8. The molecule has 2 aromatic rings. The van der Waals surface area contributed by atoms with Crippen molar-refractivity contribution in [1.82, 2.24) is 0 Å². The van der Waals surface area contributed by atoms with Crippen LogP contribution in [0.3, 0.4) is 0 Å². The van der Waals surface area contributed by atoms with Crippen LogP contribution in [0.2, 0.25) is 5.02 Å². The summed E-state index contributed by atoms with van der Waals surface area (Å²) in [7, 11) is 0. The number of anilines is 1. The largest absolute Gasteiger partial charge is 0.478 e. The molecule has 2 N–H and O–H groups in total. The number of nitrogens with one attached hydrogen (secondary N) is 1. The van der Waals surface area contributed by atoms with Crippen LogP contribution in [-0.4, -0.2) is 17.0 Å². The number of aromatic carboxylic acids is 1. The molecule has 108 valence electrons. The Balaban J connectivity index is 2.16. The van der Waals surface area contributed by atoms with Gasteiger partial charge in [0.05, 0.1) is 17.7 Å². The summed E-state index contributed by atoms with van der Waals surface area (Å²) in [5.74, 6) is -2.61. The molecule has 0 aromatic heterocycles. The van der Waals surface area contributed by atoms with E-state index in [2.05, 4.69) is 5.32 Å². The third-order valence-electron chi connectivity index (χ3n) is 2.79. The molecule has 0 fully saturated rings. The summed E-state index contributed by atoms with van der Waals surface area (Å²) in [6.07, 6.45) is -0.00936. The van der Waals surface area contributed by atoms with Crippen molar-refractivity contribution >= 4 is 29.2 Å². The van der Waals surface area contributed by atoms with Gasteiger partial charge in [0.1, 0.15) is 5.82 Å². The predicted octanol–water partition coefficient (Wildman–Crippen LogP) is 3.36. The number of hydrogen-bond donors (Lipinski definition) is 2. The number of halogens is 2. The lowest BCUT2D eigenvalue weighted by Gasteiger charge is -2.09. The monoisotopic (exact) mass is 307 g/mol. The molecular formula is C15H11ClFNO3. The van der Waals surface area contributed by atoms with Gasteiger partial charge < -0.3 is 10.4 Å². The van der Waals surface area contributed by atoms with Gasteiger partial charge in [0, 0.05) is 5.02 Å². The van der Waals surface area contributed by atoms with Crippen molar-refractivity contribution in [3.8, 4) is 0 Å². The summed E-state index contributed by atoms with van der Waals surface area (Å²) < 4.78 is 13.7. The van der Waals surface area contributed by atoms with Crippen LogP contribution in [0.4, 0.5) is 10.1 Å². The first-order valence-electron chi connectivity index (χ1n) is 6.03. The molecule has 1 amide bonds. The highest BCUT2D eigenvalue weighted by Gasteiger charge is 2.16. The third-order valence-corrected chi connectivity index (χ3v) is 3.04. The van der Waals surface area contributed by atoms with Crippen LogP contribution >= 0.6 is 11.6 Å². The van der Waals surface area contributed by atoms with Gasteiger partial charge in [0.2, 0.25) is 5.91 Å². The Labute approximate surface area is 125 Å². The molecule has 0 aliphatic heterocycles. The van der Waals surface area contributed by atoms with E-state index in [1.165, 1.54) is 12.1 Å². The Hall–Kier alpha value is -2.40. The van der Waals surface area contributed by atoms with Crippen LogP contribution in [-0.2, 0) is 11.2 Å². The minimum atomic E-state index is -1.31. The van der Waals surface area contributed by atoms with Gasteiger partial charge in [-0.1, -0.05) is 29.8 Å². The maximum absolute atomic E-state index is 13.7. The summed E-state index contributed by atoms with van der Waals surface area (Å²) in [4.78, 5) is 22.9. The Bertz CT molecular complexity index is 686. The number of carboxylic acids is 1. The smallest absolute Gasteiger partial charge is 0.337 e. The van der Waals surface area contributed by atoms with E-state index in [1.54, 1.807) is 24.3 Å². The number of para-hydroxylation sites is 1. The van der Waals surface area contributed by atoms with Crippen LogP contribution in [0, 0.1) is 5.82 Å². The zero-order chi connectivity index (χ0) is 15.4. The number of amides is 1. The lowest BCUT2D eigenvalue weighted by atomic mass is 10.1. The van der Waals surface area contributed by atoms with Gasteiger partial charge in [-0.05, 0) is 29.8 Å². The van der Waals surface area contributed by atoms with Crippen LogP contribution in [0.1, 0.15) is 15.9 Å². The second-order valence-electron chi connectivity index (χ2n) is 4.32. The standard InChI is InChI=1S/C15H11ClFNO3/c16-10-6-4-9(5-7-10)8-13(19)18-14-11(15(20)21)2-1-3-12(14)17/h1-7H,8H2,(H,18,19)(H,20,21). The maximum atomic E-state index is 13.7. The molecule has 0 aliphatic carbocycles. The minimum Gasteiger partial charge on any atom is -0.478 e. The average molecular weight is 308 g/mol. The molecular weight excluding hydrogens is 297 g/mol. The van der Waals surface area contributed by atoms with E-state index in [4.69, 9.17) is 16.7 Å². The third kappa shape index (κ3) is 3.79. The predicted molar refractivity (Wildman–Crippen MR) is 77.1 cm³/mol. The topological polar surface area (TPSA) is 66.4 Å². The van der Waals surface area contributed by atoms with Crippen molar-refractivity contribution in [1.29, 1.82) is 0 Å². The minimum absolute atomic E-state index is 0.00936. The molecule has 0 aliphatic rings. The number of carboxylic acid groups (broad SMARTS) is 1. The Morgan fingerprint density at radius 3 is 2.43 bits per heavy atom. The van der Waals surface area contributed by atoms with E-state index >= 15 is 0 Å². The van der Waals surface area contributed by atoms with Crippen molar-refractivity contribution in [2.45, 2.75) is 6.42 Å². The molecule has 2 rings (SSSR count). The molecule has 6 heteroatoms. The van der Waals surface area contributed by atoms with Gasteiger partial charge in [-0.25, -0.2) is 9.18 Å². The quantitative estimate of drug-likeness (QED) is 0.910. The van der Waals surface area contributed by atoms with E-state index in [9.17, 15) is 14.0 Å². The molecule has 2 aromatic carbocycles. The maximum Gasteiger partial charge on any atom is 0.337 e. The van der Waals surface area contributed by atoms with Crippen LogP contribution < -0.4 is 5.32 Å². The molecule has 0 bridgehead atoms. The molecule has 0 saturated heterocycles. The van der Waals surface area contributed by atoms with Crippen molar-refractivity contribution in [2.24, 2.45) is 0 Å². The van der Waals surface area contributed by atoms with Crippen molar-refractivity contribution in [3.63, 3.8) is 0 Å². The van der Waals surface area contributed by atoms with Gasteiger partial charge in [0.15, 0.2) is 0 Å². The molecule has 0 atom stereocenters. The molecule has 4 nitrogen and oxygen atoms in total. The fraction of sp³-hybridized carbons (Fsp3) is 0.0667. The highest BCUT2D eigenvalue weighted by Crippen LogP contribution is 2.20. The Morgan fingerprint density at radius 1 is 1.14 bits per heavy atom. The van der Waals surface area contributed by atoms with Crippen LogP contribution in [0.15, 0.2) is 42.5 Å². The highest BCUT2D eigenvalue weighted by molar-refractivity contribution is 6.30. The normalized spacial score (nSPS) is 10.2. The van der Waals surface area contributed by atoms with Gasteiger partial charge in [-0.3, -0.25) is 4.79 Å². The highest BCUT2D eigenvalue weighted by atomic mass is 35.5. The van der Waals surface area contributed by atoms with E-state index in [1.807, 2.05) is 0 Å². The second-order valence-corrected chi connectivity index (χ2v) is 4.76. The summed E-state index contributed by atoms with van der Waals surface area (Å²) in [6, 6.07) is 10.2. The molecule has 0 spiro atoms. The number of carbonyl (C=O) groups is 2. The summed E-state index contributed by atoms with van der Waals surface area (Å²) in [5, 5.41) is 11.8. The summed E-state index contributed by atoms with van der Waals surface area (Å²) >= 11 is 5.74. The molecule has 21 heavy (non-hydrogen) atoms. The van der Waals surface area contributed by atoms with Gasteiger partial charge in [0.25, 0.3) is 0 Å². The molecule has 0 unspecified atom stereocenters. The molecule has 0 saturated carbocycles. The first-order valence-corrected chi connectivity index (χ1v) is 6.41. The SMILES string of the molecule is O=C(Cc1ccc(Cl)cc1)Nc1c(F)cccc1C(=O)O.